The first kappa shape index (κ1) is 11.8. The molecule has 3 rings (SSSR count). The maximum absolute atomic E-state index is 13.5. The first-order valence-corrected chi connectivity index (χ1v) is 5.90. The molecule has 1 saturated heterocycles. The third kappa shape index (κ3) is 2.09. The zero-order valence-electron chi connectivity index (χ0n) is 9.94. The minimum absolute atomic E-state index is 0.00561. The van der Waals surface area contributed by atoms with E-state index in [1.54, 1.807) is 18.2 Å². The van der Waals surface area contributed by atoms with Crippen LogP contribution in [0.2, 0.25) is 0 Å². The highest BCUT2D eigenvalue weighted by molar-refractivity contribution is 5.92. The van der Waals surface area contributed by atoms with Gasteiger partial charge in [-0.25, -0.2) is 4.39 Å². The summed E-state index contributed by atoms with van der Waals surface area (Å²) in [4.78, 5) is 13.4. The maximum atomic E-state index is 13.5. The van der Waals surface area contributed by atoms with E-state index in [2.05, 4.69) is 10.2 Å². The molecule has 19 heavy (non-hydrogen) atoms. The van der Waals surface area contributed by atoms with Crippen molar-refractivity contribution in [2.24, 2.45) is 0 Å². The Kier molecular flexibility index (Phi) is 2.77. The standard InChI is InChI=1S/C13H11F2N3O/c14-10-4-2-1-3-9(10)8-6-18(7-8)13(19)11-5-12(15)17-16-11/h1-5,8H,6-7H2,(H,16,17). The molecule has 1 aromatic carbocycles. The Morgan fingerprint density at radius 2 is 2.05 bits per heavy atom. The number of carbonyl (C=O) groups excluding carboxylic acids is 1. The Bertz CT molecular complexity index is 620. The summed E-state index contributed by atoms with van der Waals surface area (Å²) in [6.07, 6.45) is 0. The molecule has 1 aromatic heterocycles. The molecule has 2 aromatic rings. The molecule has 98 valence electrons. The van der Waals surface area contributed by atoms with Crippen molar-refractivity contribution in [2.75, 3.05) is 13.1 Å². The normalized spacial score (nSPS) is 15.4. The van der Waals surface area contributed by atoms with Crippen molar-refractivity contribution in [3.8, 4) is 0 Å². The van der Waals surface area contributed by atoms with Crippen LogP contribution in [0.4, 0.5) is 8.78 Å². The Hall–Kier alpha value is -2.24. The Labute approximate surface area is 108 Å². The quantitative estimate of drug-likeness (QED) is 0.900. The van der Waals surface area contributed by atoms with Gasteiger partial charge in [0.15, 0.2) is 5.69 Å². The molecule has 2 heterocycles. The number of nitrogens with zero attached hydrogens (tertiary/aromatic N) is 2. The lowest BCUT2D eigenvalue weighted by Gasteiger charge is -2.39. The average molecular weight is 263 g/mol. The van der Waals surface area contributed by atoms with Crippen LogP contribution >= 0.6 is 0 Å². The van der Waals surface area contributed by atoms with Gasteiger partial charge in [0.1, 0.15) is 5.82 Å². The number of hydrogen-bond donors (Lipinski definition) is 1. The fraction of sp³-hybridized carbons (Fsp3) is 0.231. The van der Waals surface area contributed by atoms with Gasteiger partial charge < -0.3 is 4.90 Å². The number of aromatic nitrogens is 2. The first-order valence-electron chi connectivity index (χ1n) is 5.90. The highest BCUT2D eigenvalue weighted by Gasteiger charge is 2.34. The summed E-state index contributed by atoms with van der Waals surface area (Å²) in [5.74, 6) is -1.25. The third-order valence-electron chi connectivity index (χ3n) is 3.28. The van der Waals surface area contributed by atoms with E-state index < -0.39 is 5.95 Å². The van der Waals surface area contributed by atoms with E-state index in [0.717, 1.165) is 6.07 Å². The molecular weight excluding hydrogens is 252 g/mol. The molecule has 0 unspecified atom stereocenters. The van der Waals surface area contributed by atoms with E-state index in [9.17, 15) is 13.6 Å². The maximum Gasteiger partial charge on any atom is 0.274 e. The van der Waals surface area contributed by atoms with Gasteiger partial charge in [0.05, 0.1) is 0 Å². The molecule has 0 bridgehead atoms. The van der Waals surface area contributed by atoms with Crippen molar-refractivity contribution < 1.29 is 13.6 Å². The molecule has 1 fully saturated rings. The molecule has 6 heteroatoms. The predicted octanol–water partition coefficient (Wildman–Crippen LogP) is 1.93. The lowest BCUT2D eigenvalue weighted by Crippen LogP contribution is -2.48. The highest BCUT2D eigenvalue weighted by Crippen LogP contribution is 2.29. The molecule has 4 nitrogen and oxygen atoms in total. The number of carbonyl (C=O) groups is 1. The van der Waals surface area contributed by atoms with Crippen LogP contribution in [0.1, 0.15) is 22.0 Å². The highest BCUT2D eigenvalue weighted by atomic mass is 19.1. The molecular formula is C13H11F2N3O. The lowest BCUT2D eigenvalue weighted by molar-refractivity contribution is 0.0592. The molecule has 0 spiro atoms. The number of halogens is 2. The summed E-state index contributed by atoms with van der Waals surface area (Å²) in [5.41, 5.74) is 0.657. The number of nitrogens with one attached hydrogen (secondary N) is 1. The second kappa shape index (κ2) is 4.46. The van der Waals surface area contributed by atoms with Crippen molar-refractivity contribution in [2.45, 2.75) is 5.92 Å². The van der Waals surface area contributed by atoms with Gasteiger partial charge in [0, 0.05) is 25.1 Å². The predicted molar refractivity (Wildman–Crippen MR) is 63.6 cm³/mol. The van der Waals surface area contributed by atoms with Crippen molar-refractivity contribution in [3.05, 3.63) is 53.4 Å². The fourth-order valence-corrected chi connectivity index (χ4v) is 2.22. The van der Waals surface area contributed by atoms with Gasteiger partial charge in [-0.1, -0.05) is 18.2 Å². The van der Waals surface area contributed by atoms with Crippen LogP contribution in [-0.4, -0.2) is 34.1 Å². The van der Waals surface area contributed by atoms with Crippen LogP contribution in [0.25, 0.3) is 0 Å². The largest absolute Gasteiger partial charge is 0.336 e. The summed E-state index contributed by atoms with van der Waals surface area (Å²) >= 11 is 0. The van der Waals surface area contributed by atoms with E-state index in [1.165, 1.54) is 11.0 Å². The zero-order valence-corrected chi connectivity index (χ0v) is 9.94. The van der Waals surface area contributed by atoms with Crippen LogP contribution in [0.5, 0.6) is 0 Å². The first-order chi connectivity index (χ1) is 9.15. The van der Waals surface area contributed by atoms with E-state index in [1.807, 2.05) is 0 Å². The molecule has 0 saturated carbocycles. The topological polar surface area (TPSA) is 49.0 Å². The summed E-state index contributed by atoms with van der Waals surface area (Å²) in [7, 11) is 0. The van der Waals surface area contributed by atoms with Gasteiger partial charge in [-0.3, -0.25) is 9.89 Å². The second-order valence-electron chi connectivity index (χ2n) is 4.53. The SMILES string of the molecule is O=C(c1cc(F)[nH]n1)N1CC(c2ccccc2F)C1. The van der Waals surface area contributed by atoms with Crippen molar-refractivity contribution in [1.29, 1.82) is 0 Å². The number of hydrogen-bond acceptors (Lipinski definition) is 2. The number of amides is 1. The van der Waals surface area contributed by atoms with Gasteiger partial charge in [-0.05, 0) is 11.6 Å². The van der Waals surface area contributed by atoms with E-state index in [-0.39, 0.29) is 23.3 Å². The van der Waals surface area contributed by atoms with E-state index in [0.29, 0.717) is 18.7 Å². The minimum Gasteiger partial charge on any atom is -0.336 e. The summed E-state index contributed by atoms with van der Waals surface area (Å²) < 4.78 is 26.3. The Balaban J connectivity index is 1.67. The van der Waals surface area contributed by atoms with Gasteiger partial charge in [0.2, 0.25) is 5.95 Å². The number of rotatable bonds is 2. The molecule has 0 atom stereocenters. The van der Waals surface area contributed by atoms with Crippen LogP contribution < -0.4 is 0 Å². The van der Waals surface area contributed by atoms with Gasteiger partial charge in [0.25, 0.3) is 5.91 Å². The van der Waals surface area contributed by atoms with Crippen LogP contribution in [0, 0.1) is 11.8 Å². The molecule has 0 aliphatic carbocycles. The monoisotopic (exact) mass is 263 g/mol. The number of likely N-dealkylation sites (tertiary alicyclic amines) is 1. The van der Waals surface area contributed by atoms with E-state index in [4.69, 9.17) is 0 Å². The number of H-pyrrole nitrogens is 1. The van der Waals surface area contributed by atoms with Crippen LogP contribution in [0.3, 0.4) is 0 Å². The summed E-state index contributed by atoms with van der Waals surface area (Å²) in [6.45, 7) is 0.850. The minimum atomic E-state index is -0.644. The average Bonchev–Trinajstić information content (AvgIpc) is 2.76. The van der Waals surface area contributed by atoms with Crippen LogP contribution in [0.15, 0.2) is 30.3 Å². The molecule has 1 amide bonds. The smallest absolute Gasteiger partial charge is 0.274 e. The zero-order chi connectivity index (χ0) is 13.4. The van der Waals surface area contributed by atoms with Crippen molar-refractivity contribution in [3.63, 3.8) is 0 Å². The van der Waals surface area contributed by atoms with Crippen LogP contribution in [-0.2, 0) is 0 Å². The number of benzene rings is 1. The van der Waals surface area contributed by atoms with Gasteiger partial charge >= 0.3 is 0 Å². The molecule has 1 N–H and O–H groups in total. The Morgan fingerprint density at radius 3 is 2.68 bits per heavy atom. The molecule has 0 radical (unpaired) electrons. The number of aromatic amines is 1. The third-order valence-corrected chi connectivity index (χ3v) is 3.28. The second-order valence-corrected chi connectivity index (χ2v) is 4.53. The van der Waals surface area contributed by atoms with Gasteiger partial charge in [-0.15, -0.1) is 0 Å². The summed E-state index contributed by atoms with van der Waals surface area (Å²) in [6, 6.07) is 7.58. The fourth-order valence-electron chi connectivity index (χ4n) is 2.22. The van der Waals surface area contributed by atoms with Gasteiger partial charge in [-0.2, -0.15) is 9.49 Å². The summed E-state index contributed by atoms with van der Waals surface area (Å²) in [5, 5.41) is 5.65. The molecule has 1 aliphatic rings. The van der Waals surface area contributed by atoms with Crippen molar-refractivity contribution >= 4 is 5.91 Å². The Morgan fingerprint density at radius 1 is 1.32 bits per heavy atom. The molecule has 1 aliphatic heterocycles. The van der Waals surface area contributed by atoms with E-state index >= 15 is 0 Å². The lowest BCUT2D eigenvalue weighted by atomic mass is 9.91. The van der Waals surface area contributed by atoms with Crippen molar-refractivity contribution in [1.82, 2.24) is 15.1 Å².